The fraction of sp³-hybridized carbons (Fsp3) is 0.0526. The van der Waals surface area contributed by atoms with Crippen molar-refractivity contribution in [3.05, 3.63) is 212 Å². The van der Waals surface area contributed by atoms with Crippen LogP contribution in [0.1, 0.15) is 25.3 Å². The third-order valence-electron chi connectivity index (χ3n) is 13.1. The molecule has 0 radical (unpaired) electrons. The molecule has 3 aromatic heterocycles. The second-order valence-corrected chi connectivity index (χ2v) is 17.0. The maximum absolute atomic E-state index is 5.34. The molecule has 6 nitrogen and oxygen atoms in total. The van der Waals surface area contributed by atoms with E-state index in [2.05, 4.69) is 227 Å². The van der Waals surface area contributed by atoms with Gasteiger partial charge in [-0.25, -0.2) is 4.98 Å². The average Bonchev–Trinajstić information content (AvgIpc) is 3.90. The number of anilines is 6. The van der Waals surface area contributed by atoms with Gasteiger partial charge in [-0.3, -0.25) is 4.98 Å². The number of aromatic nitrogens is 4. The number of hydrogen-bond acceptors (Lipinski definition) is 4. The Morgan fingerprint density at radius 1 is 0.508 bits per heavy atom. The molecular formula is C57H39BN6Pt. The Kier molecular flexibility index (Phi) is 9.25. The summed E-state index contributed by atoms with van der Waals surface area (Å²) in [6.07, 6.45) is 1.87. The van der Waals surface area contributed by atoms with Crippen LogP contribution >= 0.6 is 0 Å². The Balaban J connectivity index is 0.00000444. The normalized spacial score (nSPS) is 12.7. The van der Waals surface area contributed by atoms with Gasteiger partial charge < -0.3 is 18.9 Å². The van der Waals surface area contributed by atoms with Crippen molar-refractivity contribution in [1.82, 2.24) is 19.1 Å². The first-order valence-electron chi connectivity index (χ1n) is 22.0. The van der Waals surface area contributed by atoms with Crippen LogP contribution in [0.5, 0.6) is 0 Å². The van der Waals surface area contributed by atoms with E-state index < -0.39 is 0 Å². The van der Waals surface area contributed by atoms with Crippen molar-refractivity contribution >= 4 is 90.1 Å². The van der Waals surface area contributed by atoms with Crippen molar-refractivity contribution in [2.45, 2.75) is 19.8 Å². The number of para-hydroxylation sites is 6. The summed E-state index contributed by atoms with van der Waals surface area (Å²) in [5, 5.41) is 2.28. The molecule has 13 rings (SSSR count). The van der Waals surface area contributed by atoms with Gasteiger partial charge in [0.1, 0.15) is 5.82 Å². The monoisotopic (exact) mass is 1010 g/mol. The van der Waals surface area contributed by atoms with Crippen LogP contribution in [-0.4, -0.2) is 25.8 Å². The van der Waals surface area contributed by atoms with Crippen molar-refractivity contribution in [3.8, 4) is 22.9 Å². The summed E-state index contributed by atoms with van der Waals surface area (Å²) in [7, 11) is 0. The number of rotatable bonds is 6. The minimum atomic E-state index is -0.231. The molecule has 8 aromatic carbocycles. The largest absolute Gasteiger partial charge is 2.00 e. The van der Waals surface area contributed by atoms with Crippen LogP contribution < -0.4 is 26.2 Å². The molecule has 0 atom stereocenters. The molecule has 0 fully saturated rings. The number of hydrogen-bond donors (Lipinski definition) is 0. The van der Waals surface area contributed by atoms with Gasteiger partial charge in [0.15, 0.2) is 0 Å². The SMILES string of the molecule is CC(C)c1cc2c3c(c1)N(c1ccccc1)c1cc4c5ccccc5n(-c5ccccn5)c4[c-]c1B3c1[c-]c(-c3nc4ccccc4n3-c3ccccc3)ccc1N2c1ccccc1.[Pt+2]. The maximum Gasteiger partial charge on any atom is 2.00 e. The summed E-state index contributed by atoms with van der Waals surface area (Å²) in [6.45, 7) is 4.36. The zero-order chi connectivity index (χ0) is 42.5. The molecule has 0 bridgehead atoms. The van der Waals surface area contributed by atoms with Crippen molar-refractivity contribution in [3.63, 3.8) is 0 Å². The Bertz CT molecular complexity index is 3610. The Labute approximate surface area is 392 Å². The van der Waals surface area contributed by atoms with Crippen LogP contribution in [0.15, 0.2) is 194 Å². The van der Waals surface area contributed by atoms with Crippen LogP contribution in [0.4, 0.5) is 34.1 Å². The molecule has 0 amide bonds. The second kappa shape index (κ2) is 15.4. The molecule has 310 valence electrons. The quantitative estimate of drug-likeness (QED) is 0.123. The van der Waals surface area contributed by atoms with Crippen molar-refractivity contribution in [2.75, 3.05) is 9.80 Å². The molecule has 0 unspecified atom stereocenters. The van der Waals surface area contributed by atoms with Crippen LogP contribution in [0, 0.1) is 12.1 Å². The molecule has 5 heterocycles. The van der Waals surface area contributed by atoms with Gasteiger partial charge in [0, 0.05) is 40.2 Å². The van der Waals surface area contributed by atoms with E-state index in [1.807, 2.05) is 12.3 Å². The molecule has 0 saturated carbocycles. The molecule has 0 N–H and O–H groups in total. The van der Waals surface area contributed by atoms with Crippen molar-refractivity contribution in [1.29, 1.82) is 0 Å². The minimum Gasteiger partial charge on any atom is -0.366 e. The summed E-state index contributed by atoms with van der Waals surface area (Å²) >= 11 is 0. The molecule has 0 aliphatic carbocycles. The van der Waals surface area contributed by atoms with Gasteiger partial charge in [-0.05, 0) is 107 Å². The summed E-state index contributed by atoms with van der Waals surface area (Å²) in [4.78, 5) is 15.2. The van der Waals surface area contributed by atoms with Gasteiger partial charge >= 0.3 is 21.1 Å². The fourth-order valence-electron chi connectivity index (χ4n) is 10.2. The van der Waals surface area contributed by atoms with Crippen LogP contribution in [-0.2, 0) is 21.1 Å². The van der Waals surface area contributed by atoms with E-state index in [1.54, 1.807) is 0 Å². The van der Waals surface area contributed by atoms with E-state index in [0.717, 1.165) is 101 Å². The molecule has 0 spiro atoms. The Hall–Kier alpha value is -7.47. The number of benzene rings is 8. The predicted octanol–water partition coefficient (Wildman–Crippen LogP) is 12.0. The number of fused-ring (bicyclic) bond motifs is 8. The maximum atomic E-state index is 5.34. The predicted molar refractivity (Wildman–Crippen MR) is 264 cm³/mol. The third-order valence-corrected chi connectivity index (χ3v) is 13.1. The van der Waals surface area contributed by atoms with Crippen molar-refractivity contribution in [2.24, 2.45) is 0 Å². The van der Waals surface area contributed by atoms with E-state index in [-0.39, 0.29) is 33.7 Å². The van der Waals surface area contributed by atoms with Crippen LogP contribution in [0.2, 0.25) is 0 Å². The van der Waals surface area contributed by atoms with E-state index in [0.29, 0.717) is 0 Å². The number of nitrogens with zero attached hydrogens (tertiary/aromatic N) is 6. The molecule has 11 aromatic rings. The van der Waals surface area contributed by atoms with Gasteiger partial charge in [-0.1, -0.05) is 116 Å². The molecule has 65 heavy (non-hydrogen) atoms. The van der Waals surface area contributed by atoms with E-state index in [4.69, 9.17) is 9.97 Å². The van der Waals surface area contributed by atoms with Gasteiger partial charge in [-0.2, -0.15) is 11.5 Å². The fourth-order valence-corrected chi connectivity index (χ4v) is 10.2. The van der Waals surface area contributed by atoms with E-state index in [9.17, 15) is 0 Å². The molecular weight excluding hydrogens is 975 g/mol. The molecule has 8 heteroatoms. The average molecular weight is 1010 g/mol. The standard InChI is InChI=1S/C57H39BN6.Pt/c1-37(2)39-33-53-56-54(34-39)62(41-20-8-4-9-21-41)52-35-44-43-24-12-14-26-48(43)64(55-28-16-17-31-59-55)51(44)36-46(52)58(56)45-32-38(29-30-49(45)61(53)40-18-6-3-7-19-40)57-60-47-25-13-15-27-50(47)63(57)42-22-10-5-11-23-42;/h3-31,33-35,37H,1-2H3;/q-2;+2. The van der Waals surface area contributed by atoms with Gasteiger partial charge in [-0.15, -0.1) is 40.7 Å². The van der Waals surface area contributed by atoms with Crippen LogP contribution in [0.25, 0.3) is 55.7 Å². The molecule has 2 aliphatic rings. The number of imidazole rings is 1. The first-order chi connectivity index (χ1) is 31.6. The first-order valence-corrected chi connectivity index (χ1v) is 22.0. The van der Waals surface area contributed by atoms with E-state index in [1.165, 1.54) is 11.0 Å². The number of pyridine rings is 1. The smallest absolute Gasteiger partial charge is 0.366 e. The third kappa shape index (κ3) is 5.99. The van der Waals surface area contributed by atoms with Crippen molar-refractivity contribution < 1.29 is 21.1 Å². The minimum absolute atomic E-state index is 0. The Morgan fingerprint density at radius 3 is 1.78 bits per heavy atom. The van der Waals surface area contributed by atoms with Crippen LogP contribution in [0.3, 0.4) is 0 Å². The first kappa shape index (κ1) is 39.1. The summed E-state index contributed by atoms with van der Waals surface area (Å²) < 4.78 is 4.55. The molecule has 2 aliphatic heterocycles. The van der Waals surface area contributed by atoms with Gasteiger partial charge in [0.2, 0.25) is 6.71 Å². The van der Waals surface area contributed by atoms with Gasteiger partial charge in [0.05, 0.1) is 16.9 Å². The summed E-state index contributed by atoms with van der Waals surface area (Å²) in [5.74, 6) is 1.99. The zero-order valence-corrected chi connectivity index (χ0v) is 37.9. The summed E-state index contributed by atoms with van der Waals surface area (Å²) in [5.41, 5.74) is 17.4. The second-order valence-electron chi connectivity index (χ2n) is 17.0. The molecule has 0 saturated heterocycles. The topological polar surface area (TPSA) is 42.1 Å². The Morgan fingerprint density at radius 2 is 1.11 bits per heavy atom. The summed E-state index contributed by atoms with van der Waals surface area (Å²) in [6, 6.07) is 75.4. The van der Waals surface area contributed by atoms with E-state index >= 15 is 0 Å². The van der Waals surface area contributed by atoms with Gasteiger partial charge in [0.25, 0.3) is 0 Å². The zero-order valence-electron chi connectivity index (χ0n) is 35.6.